The molecule has 1 saturated carbocycles. The normalized spacial score (nSPS) is 40.3. The van der Waals surface area contributed by atoms with E-state index < -0.39 is 0 Å². The van der Waals surface area contributed by atoms with Crippen LogP contribution in [-0.4, -0.2) is 0 Å². The maximum Gasteiger partial charge on any atom is -0.0199 e. The van der Waals surface area contributed by atoms with Crippen molar-refractivity contribution in [2.24, 2.45) is 17.8 Å². The molecule has 0 amide bonds. The van der Waals surface area contributed by atoms with E-state index in [1.807, 2.05) is 0 Å². The average molecular weight is 150 g/mol. The van der Waals surface area contributed by atoms with E-state index in [1.54, 1.807) is 0 Å². The molecule has 2 aliphatic carbocycles. The highest BCUT2D eigenvalue weighted by Crippen LogP contribution is 2.45. The van der Waals surface area contributed by atoms with Crippen molar-refractivity contribution in [2.75, 3.05) is 0 Å². The molecule has 0 aromatic carbocycles. The van der Waals surface area contributed by atoms with Gasteiger partial charge in [0.25, 0.3) is 0 Å². The van der Waals surface area contributed by atoms with E-state index in [2.05, 4.69) is 19.1 Å². The molecule has 0 heterocycles. The first kappa shape index (κ1) is 7.39. The van der Waals surface area contributed by atoms with Crippen molar-refractivity contribution in [1.82, 2.24) is 0 Å². The molecule has 0 aliphatic heterocycles. The van der Waals surface area contributed by atoms with Crippen LogP contribution in [-0.2, 0) is 0 Å². The van der Waals surface area contributed by atoms with Gasteiger partial charge in [-0.1, -0.05) is 31.9 Å². The van der Waals surface area contributed by atoms with Gasteiger partial charge in [0, 0.05) is 0 Å². The highest BCUT2D eigenvalue weighted by molar-refractivity contribution is 5.09. The Hall–Kier alpha value is -0.260. The molecule has 0 unspecified atom stereocenters. The first-order valence-electron chi connectivity index (χ1n) is 5.08. The summed E-state index contributed by atoms with van der Waals surface area (Å²) in [6, 6.07) is 0. The molecule has 0 spiro atoms. The zero-order valence-corrected chi connectivity index (χ0v) is 7.42. The molecule has 2 rings (SSSR count). The minimum Gasteiger partial charge on any atom is -0.0851 e. The van der Waals surface area contributed by atoms with Crippen molar-refractivity contribution in [3.8, 4) is 0 Å². The Morgan fingerprint density at radius 1 is 1.27 bits per heavy atom. The minimum absolute atomic E-state index is 0.974. The summed E-state index contributed by atoms with van der Waals surface area (Å²) in [6.45, 7) is 2.29. The second-order valence-corrected chi connectivity index (χ2v) is 4.18. The van der Waals surface area contributed by atoms with Crippen molar-refractivity contribution < 1.29 is 0 Å². The molecule has 1 fully saturated rings. The maximum atomic E-state index is 2.47. The number of rotatable bonds is 3. The SMILES string of the molecule is CCCC[C@H]1C[C@H]2C=C[C@@H]1C2. The van der Waals surface area contributed by atoms with Gasteiger partial charge in [0.1, 0.15) is 0 Å². The topological polar surface area (TPSA) is 0 Å². The van der Waals surface area contributed by atoms with E-state index >= 15 is 0 Å². The molecule has 3 atom stereocenters. The number of hydrogen-bond acceptors (Lipinski definition) is 0. The quantitative estimate of drug-likeness (QED) is 0.541. The standard InChI is InChI=1S/C11H18/c1-2-3-4-10-7-9-5-6-11(10)8-9/h5-6,9-11H,2-4,7-8H2,1H3/t9-,10+,11-/m1/s1. The van der Waals surface area contributed by atoms with Crippen LogP contribution in [0, 0.1) is 17.8 Å². The van der Waals surface area contributed by atoms with Crippen molar-refractivity contribution in [2.45, 2.75) is 39.0 Å². The minimum atomic E-state index is 0.974. The highest BCUT2D eigenvalue weighted by Gasteiger charge is 2.34. The fraction of sp³-hybridized carbons (Fsp3) is 0.818. The third-order valence-electron chi connectivity index (χ3n) is 3.34. The van der Waals surface area contributed by atoms with Gasteiger partial charge in [-0.2, -0.15) is 0 Å². The molecule has 0 aromatic heterocycles. The lowest BCUT2D eigenvalue weighted by molar-refractivity contribution is 0.402. The van der Waals surface area contributed by atoms with Crippen LogP contribution in [0.4, 0.5) is 0 Å². The van der Waals surface area contributed by atoms with Crippen molar-refractivity contribution in [3.05, 3.63) is 12.2 Å². The van der Waals surface area contributed by atoms with Gasteiger partial charge in [-0.15, -0.1) is 0 Å². The Morgan fingerprint density at radius 3 is 2.73 bits per heavy atom. The molecule has 0 radical (unpaired) electrons. The van der Waals surface area contributed by atoms with Gasteiger partial charge in [-0.05, 0) is 37.0 Å². The predicted molar refractivity (Wildman–Crippen MR) is 48.4 cm³/mol. The molecule has 0 heteroatoms. The predicted octanol–water partition coefficient (Wildman–Crippen LogP) is 3.39. The van der Waals surface area contributed by atoms with Crippen LogP contribution in [0.15, 0.2) is 12.2 Å². The molecule has 11 heavy (non-hydrogen) atoms. The maximum absolute atomic E-state index is 2.47. The summed E-state index contributed by atoms with van der Waals surface area (Å²) in [4.78, 5) is 0. The molecule has 62 valence electrons. The largest absolute Gasteiger partial charge is 0.0851 e. The van der Waals surface area contributed by atoms with Gasteiger partial charge in [0.2, 0.25) is 0 Å². The molecule has 2 aliphatic rings. The Morgan fingerprint density at radius 2 is 2.18 bits per heavy atom. The van der Waals surface area contributed by atoms with Crippen molar-refractivity contribution in [3.63, 3.8) is 0 Å². The Labute approximate surface area is 69.7 Å². The van der Waals surface area contributed by atoms with Crippen LogP contribution >= 0.6 is 0 Å². The molecule has 0 aromatic rings. The molecule has 0 saturated heterocycles. The van der Waals surface area contributed by atoms with Crippen LogP contribution in [0.3, 0.4) is 0 Å². The summed E-state index contributed by atoms with van der Waals surface area (Å²) in [5.74, 6) is 3.01. The van der Waals surface area contributed by atoms with E-state index in [0.29, 0.717) is 0 Å². The van der Waals surface area contributed by atoms with Crippen LogP contribution in [0.1, 0.15) is 39.0 Å². The van der Waals surface area contributed by atoms with Crippen LogP contribution in [0.2, 0.25) is 0 Å². The van der Waals surface area contributed by atoms with Gasteiger partial charge in [0.05, 0.1) is 0 Å². The van der Waals surface area contributed by atoms with E-state index in [-0.39, 0.29) is 0 Å². The summed E-state index contributed by atoms with van der Waals surface area (Å²) < 4.78 is 0. The van der Waals surface area contributed by atoms with E-state index in [9.17, 15) is 0 Å². The smallest absolute Gasteiger partial charge is 0.0199 e. The van der Waals surface area contributed by atoms with Crippen LogP contribution in [0.5, 0.6) is 0 Å². The fourth-order valence-electron chi connectivity index (χ4n) is 2.69. The summed E-state index contributed by atoms with van der Waals surface area (Å²) in [6.07, 6.45) is 12.2. The summed E-state index contributed by atoms with van der Waals surface area (Å²) in [5, 5.41) is 0. The molecular formula is C11H18. The van der Waals surface area contributed by atoms with Crippen molar-refractivity contribution >= 4 is 0 Å². The third kappa shape index (κ3) is 1.36. The van der Waals surface area contributed by atoms with Gasteiger partial charge >= 0.3 is 0 Å². The Kier molecular flexibility index (Phi) is 2.02. The van der Waals surface area contributed by atoms with Gasteiger partial charge < -0.3 is 0 Å². The van der Waals surface area contributed by atoms with E-state index in [1.165, 1.54) is 32.1 Å². The van der Waals surface area contributed by atoms with Gasteiger partial charge in [-0.25, -0.2) is 0 Å². The Balaban J connectivity index is 1.84. The molecule has 0 nitrogen and oxygen atoms in total. The summed E-state index contributed by atoms with van der Waals surface area (Å²) in [5.41, 5.74) is 0. The third-order valence-corrected chi connectivity index (χ3v) is 3.34. The van der Waals surface area contributed by atoms with Gasteiger partial charge in [0.15, 0.2) is 0 Å². The zero-order chi connectivity index (χ0) is 7.68. The second kappa shape index (κ2) is 3.00. The number of allylic oxidation sites excluding steroid dienone is 2. The van der Waals surface area contributed by atoms with Crippen molar-refractivity contribution in [1.29, 1.82) is 0 Å². The first-order chi connectivity index (χ1) is 5.40. The molecule has 2 bridgehead atoms. The first-order valence-corrected chi connectivity index (χ1v) is 5.08. The molecule has 0 N–H and O–H groups in total. The van der Waals surface area contributed by atoms with Crippen LogP contribution < -0.4 is 0 Å². The zero-order valence-electron chi connectivity index (χ0n) is 7.42. The fourth-order valence-corrected chi connectivity index (χ4v) is 2.69. The Bertz CT molecular complexity index is 157. The van der Waals surface area contributed by atoms with Crippen LogP contribution in [0.25, 0.3) is 0 Å². The lowest BCUT2D eigenvalue weighted by atomic mass is 9.89. The number of hydrogen-bond donors (Lipinski definition) is 0. The van der Waals surface area contributed by atoms with E-state index in [4.69, 9.17) is 0 Å². The monoisotopic (exact) mass is 150 g/mol. The lowest BCUT2D eigenvalue weighted by Gasteiger charge is -2.16. The summed E-state index contributed by atoms with van der Waals surface area (Å²) >= 11 is 0. The lowest BCUT2D eigenvalue weighted by Crippen LogP contribution is -2.06. The highest BCUT2D eigenvalue weighted by atomic mass is 14.4. The number of unbranched alkanes of at least 4 members (excludes halogenated alkanes) is 1. The second-order valence-electron chi connectivity index (χ2n) is 4.18. The average Bonchev–Trinajstić information content (AvgIpc) is 2.60. The summed E-state index contributed by atoms with van der Waals surface area (Å²) in [7, 11) is 0. The molecular weight excluding hydrogens is 132 g/mol. The number of fused-ring (bicyclic) bond motifs is 2. The van der Waals surface area contributed by atoms with Gasteiger partial charge in [-0.3, -0.25) is 0 Å². The van der Waals surface area contributed by atoms with E-state index in [0.717, 1.165) is 17.8 Å².